The first-order chi connectivity index (χ1) is 16.4. The van der Waals surface area contributed by atoms with Gasteiger partial charge < -0.3 is 19.5 Å². The Balaban J connectivity index is 1.66. The number of ether oxygens (including phenoxy) is 2. The molecule has 0 radical (unpaired) electrons. The minimum Gasteiger partial charge on any atom is -0.497 e. The van der Waals surface area contributed by atoms with Gasteiger partial charge in [0.05, 0.1) is 25.9 Å². The van der Waals surface area contributed by atoms with Crippen LogP contribution in [0.15, 0.2) is 48.5 Å². The summed E-state index contributed by atoms with van der Waals surface area (Å²) >= 11 is 0. The molecule has 1 amide bonds. The number of hydrogen-bond acceptors (Lipinski definition) is 4. The number of likely N-dealkylation sites (tertiary alicyclic amines) is 1. The largest absolute Gasteiger partial charge is 0.497 e. The van der Waals surface area contributed by atoms with E-state index in [-0.39, 0.29) is 17.9 Å². The molecule has 1 saturated heterocycles. The van der Waals surface area contributed by atoms with Gasteiger partial charge in [0.25, 0.3) is 0 Å². The van der Waals surface area contributed by atoms with E-state index in [4.69, 9.17) is 9.47 Å². The van der Waals surface area contributed by atoms with E-state index >= 15 is 0 Å². The van der Waals surface area contributed by atoms with Crippen molar-refractivity contribution in [1.82, 2.24) is 4.90 Å². The zero-order chi connectivity index (χ0) is 24.3. The van der Waals surface area contributed by atoms with Crippen LogP contribution in [-0.2, 0) is 4.79 Å². The monoisotopic (exact) mass is 463 g/mol. The van der Waals surface area contributed by atoms with Crippen LogP contribution in [0.25, 0.3) is 6.08 Å². The fourth-order valence-electron chi connectivity index (χ4n) is 5.63. The molecule has 1 heterocycles. The van der Waals surface area contributed by atoms with Crippen LogP contribution in [0.5, 0.6) is 11.5 Å². The molecule has 1 aliphatic carbocycles. The quantitative estimate of drug-likeness (QED) is 0.556. The fraction of sp³-hybridized carbons (Fsp3) is 0.483. The van der Waals surface area contributed by atoms with Gasteiger partial charge in [-0.05, 0) is 54.5 Å². The Labute approximate surface area is 203 Å². The molecule has 2 fully saturated rings. The zero-order valence-corrected chi connectivity index (χ0v) is 20.8. The Morgan fingerprint density at radius 1 is 1.09 bits per heavy atom. The van der Waals surface area contributed by atoms with Crippen molar-refractivity contribution < 1.29 is 19.4 Å². The van der Waals surface area contributed by atoms with Crippen molar-refractivity contribution in [3.8, 4) is 11.5 Å². The lowest BCUT2D eigenvalue weighted by molar-refractivity contribution is -0.151. The van der Waals surface area contributed by atoms with E-state index in [1.54, 1.807) is 20.3 Å². The highest BCUT2D eigenvalue weighted by molar-refractivity contribution is 5.92. The zero-order valence-electron chi connectivity index (χ0n) is 20.8. The fourth-order valence-corrected chi connectivity index (χ4v) is 5.63. The molecule has 0 unspecified atom stereocenters. The van der Waals surface area contributed by atoms with Crippen molar-refractivity contribution in [3.05, 3.63) is 65.2 Å². The van der Waals surface area contributed by atoms with E-state index in [1.165, 1.54) is 5.56 Å². The van der Waals surface area contributed by atoms with Crippen LogP contribution < -0.4 is 9.47 Å². The number of carbonyl (C=O) groups is 1. The van der Waals surface area contributed by atoms with Crippen molar-refractivity contribution in [2.24, 2.45) is 5.92 Å². The summed E-state index contributed by atoms with van der Waals surface area (Å²) in [7, 11) is 3.27. The van der Waals surface area contributed by atoms with Crippen LogP contribution in [0.2, 0.25) is 0 Å². The Kier molecular flexibility index (Phi) is 7.32. The molecule has 34 heavy (non-hydrogen) atoms. The molecule has 2 aliphatic rings. The van der Waals surface area contributed by atoms with E-state index in [0.717, 1.165) is 36.8 Å². The lowest BCUT2D eigenvalue weighted by Gasteiger charge is -2.52. The maximum Gasteiger partial charge on any atom is 0.247 e. The average Bonchev–Trinajstić information content (AvgIpc) is 2.86. The Morgan fingerprint density at radius 3 is 2.53 bits per heavy atom. The van der Waals surface area contributed by atoms with Gasteiger partial charge in [-0.25, -0.2) is 0 Å². The van der Waals surface area contributed by atoms with Crippen molar-refractivity contribution in [2.75, 3.05) is 20.8 Å². The lowest BCUT2D eigenvalue weighted by Crippen LogP contribution is -2.56. The molecule has 3 atom stereocenters. The van der Waals surface area contributed by atoms with Crippen molar-refractivity contribution in [2.45, 2.75) is 63.5 Å². The summed E-state index contributed by atoms with van der Waals surface area (Å²) in [6.07, 6.45) is 7.92. The van der Waals surface area contributed by atoms with Gasteiger partial charge in [0.1, 0.15) is 11.5 Å². The van der Waals surface area contributed by atoms with Gasteiger partial charge in [-0.3, -0.25) is 4.79 Å². The average molecular weight is 464 g/mol. The Hall–Kier alpha value is -2.79. The summed E-state index contributed by atoms with van der Waals surface area (Å²) in [5.74, 6) is 1.80. The van der Waals surface area contributed by atoms with E-state index in [9.17, 15) is 9.90 Å². The van der Waals surface area contributed by atoms with Crippen molar-refractivity contribution in [1.29, 1.82) is 0 Å². The van der Waals surface area contributed by atoms with Gasteiger partial charge in [0, 0.05) is 30.2 Å². The van der Waals surface area contributed by atoms with E-state index in [2.05, 4.69) is 38.1 Å². The predicted molar refractivity (Wildman–Crippen MR) is 135 cm³/mol. The van der Waals surface area contributed by atoms with Crippen LogP contribution in [0.1, 0.15) is 74.6 Å². The molecular formula is C29H37NO4. The second-order valence-corrected chi connectivity index (χ2v) is 9.94. The molecule has 182 valence electrons. The van der Waals surface area contributed by atoms with E-state index in [0.29, 0.717) is 30.4 Å². The van der Waals surface area contributed by atoms with Crippen LogP contribution in [0.4, 0.5) is 0 Å². The highest BCUT2D eigenvalue weighted by Gasteiger charge is 2.50. The third-order valence-electron chi connectivity index (χ3n) is 7.63. The molecule has 4 rings (SSSR count). The molecule has 1 aliphatic heterocycles. The minimum absolute atomic E-state index is 0.0278. The maximum atomic E-state index is 13.5. The van der Waals surface area contributed by atoms with Crippen molar-refractivity contribution >= 4 is 12.0 Å². The highest BCUT2D eigenvalue weighted by atomic mass is 16.5. The SMILES string of the molecule is COc1ccc([C@@H]2[C@H]3CCCC[C@]3(O)CCN2C(=O)/C=C/c2ccc(C(C)C)cc2)c(OC)c1. The topological polar surface area (TPSA) is 59.0 Å². The standard InChI is InChI=1S/C29H37NO4/c1-20(2)22-11-8-21(9-12-22)10-15-27(31)30-18-17-29(32)16-6-5-7-25(29)28(30)24-14-13-23(33-3)19-26(24)34-4/h8-15,19-20,25,28,32H,5-7,16-18H2,1-4H3/b15-10+/t25-,28-,29+/m1/s1. The summed E-state index contributed by atoms with van der Waals surface area (Å²) in [6.45, 7) is 4.86. The number of aliphatic hydroxyl groups is 1. The first-order valence-corrected chi connectivity index (χ1v) is 12.4. The van der Waals surface area contributed by atoms with Gasteiger partial charge in [0.2, 0.25) is 5.91 Å². The van der Waals surface area contributed by atoms with Crippen LogP contribution >= 0.6 is 0 Å². The number of carbonyl (C=O) groups excluding carboxylic acids is 1. The summed E-state index contributed by atoms with van der Waals surface area (Å²) in [5, 5.41) is 11.5. The number of piperidine rings is 1. The van der Waals surface area contributed by atoms with Crippen molar-refractivity contribution in [3.63, 3.8) is 0 Å². The highest BCUT2D eigenvalue weighted by Crippen LogP contribution is 2.51. The molecule has 1 N–H and O–H groups in total. The Bertz CT molecular complexity index is 1030. The number of benzene rings is 2. The summed E-state index contributed by atoms with van der Waals surface area (Å²) in [4.78, 5) is 15.4. The molecule has 0 spiro atoms. The third kappa shape index (κ3) is 4.85. The molecule has 5 nitrogen and oxygen atoms in total. The summed E-state index contributed by atoms with van der Waals surface area (Å²) < 4.78 is 11.1. The second kappa shape index (κ2) is 10.2. The lowest BCUT2D eigenvalue weighted by atomic mass is 9.66. The molecule has 0 aromatic heterocycles. The van der Waals surface area contributed by atoms with E-state index in [1.807, 2.05) is 29.2 Å². The minimum atomic E-state index is -0.749. The number of methoxy groups -OCH3 is 2. The summed E-state index contributed by atoms with van der Waals surface area (Å²) in [5.41, 5.74) is 2.46. The maximum absolute atomic E-state index is 13.5. The molecular weight excluding hydrogens is 426 g/mol. The predicted octanol–water partition coefficient (Wildman–Crippen LogP) is 5.74. The smallest absolute Gasteiger partial charge is 0.247 e. The first kappa shape index (κ1) is 24.3. The normalized spacial score (nSPS) is 24.8. The third-order valence-corrected chi connectivity index (χ3v) is 7.63. The number of nitrogens with zero attached hydrogens (tertiary/aromatic N) is 1. The van der Waals surface area contributed by atoms with Crippen LogP contribution in [0, 0.1) is 5.92 Å². The molecule has 5 heteroatoms. The van der Waals surface area contributed by atoms with Crippen LogP contribution in [0.3, 0.4) is 0 Å². The van der Waals surface area contributed by atoms with Gasteiger partial charge in [0.15, 0.2) is 0 Å². The molecule has 0 bridgehead atoms. The molecule has 2 aromatic carbocycles. The Morgan fingerprint density at radius 2 is 1.85 bits per heavy atom. The number of fused-ring (bicyclic) bond motifs is 1. The summed E-state index contributed by atoms with van der Waals surface area (Å²) in [6, 6.07) is 13.8. The number of rotatable bonds is 6. The molecule has 2 aromatic rings. The second-order valence-electron chi connectivity index (χ2n) is 9.94. The van der Waals surface area contributed by atoms with Gasteiger partial charge in [-0.1, -0.05) is 51.0 Å². The molecule has 1 saturated carbocycles. The number of amides is 1. The van der Waals surface area contributed by atoms with E-state index < -0.39 is 5.60 Å². The van der Waals surface area contributed by atoms with Gasteiger partial charge >= 0.3 is 0 Å². The number of hydrogen-bond donors (Lipinski definition) is 1. The van der Waals surface area contributed by atoms with Gasteiger partial charge in [-0.2, -0.15) is 0 Å². The van der Waals surface area contributed by atoms with Gasteiger partial charge in [-0.15, -0.1) is 0 Å². The van der Waals surface area contributed by atoms with Crippen LogP contribution in [-0.4, -0.2) is 42.3 Å². The first-order valence-electron chi connectivity index (χ1n) is 12.4.